The van der Waals surface area contributed by atoms with Gasteiger partial charge in [-0.1, -0.05) is 41.9 Å². The van der Waals surface area contributed by atoms with Gasteiger partial charge in [-0.25, -0.2) is 0 Å². The predicted molar refractivity (Wildman–Crippen MR) is 116 cm³/mol. The first-order valence-electron chi connectivity index (χ1n) is 9.67. The molecule has 0 spiro atoms. The smallest absolute Gasteiger partial charge is 0.317 e. The first kappa shape index (κ1) is 21.4. The first-order valence-corrected chi connectivity index (χ1v) is 10.0. The molecule has 1 aliphatic rings. The number of rotatable bonds is 7. The van der Waals surface area contributed by atoms with Crippen LogP contribution in [0.25, 0.3) is 10.8 Å². The van der Waals surface area contributed by atoms with Crippen LogP contribution < -0.4 is 4.74 Å². The van der Waals surface area contributed by atoms with E-state index in [1.165, 1.54) is 18.2 Å². The Morgan fingerprint density at radius 1 is 1.12 bits per heavy atom. The SMILES string of the molecule is O=C1CC(CCOc2ccc3ccccc3c2N=Nc2ccc([N+](=O)[O-])cc2Cl)C(=O)O1. The van der Waals surface area contributed by atoms with Crippen LogP contribution in [-0.4, -0.2) is 23.5 Å². The third-order valence-corrected chi connectivity index (χ3v) is 5.25. The Kier molecular flexibility index (Phi) is 6.09. The molecule has 10 heteroatoms. The van der Waals surface area contributed by atoms with Gasteiger partial charge in [0, 0.05) is 17.5 Å². The fraction of sp³-hybridized carbons (Fsp3) is 0.182. The molecule has 3 aromatic carbocycles. The summed E-state index contributed by atoms with van der Waals surface area (Å²) in [5.41, 5.74) is 0.568. The molecular formula is C22H16ClN3O6. The Morgan fingerprint density at radius 3 is 2.66 bits per heavy atom. The standard InChI is InChI=1S/C22H16ClN3O6/c23-17-12-15(26(29)30)6-7-18(17)24-25-21-16-4-2-1-3-13(16)5-8-19(21)31-10-9-14-11-20(27)32-22(14)28/h1-8,12,14H,9-11H2. The second-order valence-electron chi connectivity index (χ2n) is 7.06. The van der Waals surface area contributed by atoms with Crippen molar-refractivity contribution >= 4 is 51.4 Å². The molecule has 0 amide bonds. The van der Waals surface area contributed by atoms with E-state index in [1.54, 1.807) is 6.07 Å². The monoisotopic (exact) mass is 453 g/mol. The molecule has 0 aliphatic carbocycles. The number of hydrogen-bond donors (Lipinski definition) is 0. The van der Waals surface area contributed by atoms with Crippen LogP contribution in [0.15, 0.2) is 64.8 Å². The maximum Gasteiger partial charge on any atom is 0.317 e. The molecule has 0 aromatic heterocycles. The third kappa shape index (κ3) is 4.57. The van der Waals surface area contributed by atoms with E-state index in [0.717, 1.165) is 10.8 Å². The minimum atomic E-state index is -0.544. The Morgan fingerprint density at radius 2 is 1.94 bits per heavy atom. The summed E-state index contributed by atoms with van der Waals surface area (Å²) >= 11 is 6.12. The topological polar surface area (TPSA) is 120 Å². The van der Waals surface area contributed by atoms with Gasteiger partial charge in [-0.2, -0.15) is 0 Å². The minimum absolute atomic E-state index is 0.0467. The van der Waals surface area contributed by atoms with Crippen LogP contribution in [0.2, 0.25) is 5.02 Å². The van der Waals surface area contributed by atoms with Gasteiger partial charge in [0.2, 0.25) is 0 Å². The minimum Gasteiger partial charge on any atom is -0.491 e. The van der Waals surface area contributed by atoms with Crippen LogP contribution in [0.5, 0.6) is 5.75 Å². The van der Waals surface area contributed by atoms with E-state index in [4.69, 9.17) is 16.3 Å². The lowest BCUT2D eigenvalue weighted by atomic mass is 10.0. The number of nitrogens with zero attached hydrogens (tertiary/aromatic N) is 3. The summed E-state index contributed by atoms with van der Waals surface area (Å²) in [6.07, 6.45) is 0.368. The first-order chi connectivity index (χ1) is 15.4. The summed E-state index contributed by atoms with van der Waals surface area (Å²) in [6, 6.07) is 15.0. The van der Waals surface area contributed by atoms with E-state index < -0.39 is 22.8 Å². The lowest BCUT2D eigenvalue weighted by Crippen LogP contribution is -2.12. The number of benzene rings is 3. The highest BCUT2D eigenvalue weighted by Crippen LogP contribution is 2.38. The number of cyclic esters (lactones) is 2. The number of esters is 2. The third-order valence-electron chi connectivity index (χ3n) is 4.95. The van der Waals surface area contributed by atoms with Crippen LogP contribution in [0, 0.1) is 16.0 Å². The van der Waals surface area contributed by atoms with E-state index in [9.17, 15) is 19.7 Å². The van der Waals surface area contributed by atoms with Gasteiger partial charge in [-0.15, -0.1) is 10.2 Å². The van der Waals surface area contributed by atoms with E-state index >= 15 is 0 Å². The van der Waals surface area contributed by atoms with Crippen molar-refractivity contribution in [3.05, 3.63) is 69.7 Å². The van der Waals surface area contributed by atoms with Gasteiger partial charge < -0.3 is 9.47 Å². The maximum absolute atomic E-state index is 11.6. The van der Waals surface area contributed by atoms with E-state index in [2.05, 4.69) is 15.0 Å². The second-order valence-corrected chi connectivity index (χ2v) is 7.46. The van der Waals surface area contributed by atoms with Crippen LogP contribution in [0.1, 0.15) is 12.8 Å². The molecule has 1 unspecified atom stereocenters. The van der Waals surface area contributed by atoms with Crippen molar-refractivity contribution in [1.82, 2.24) is 0 Å². The summed E-state index contributed by atoms with van der Waals surface area (Å²) in [5.74, 6) is -1.15. The van der Waals surface area contributed by atoms with Crippen LogP contribution in [0.3, 0.4) is 0 Å². The summed E-state index contributed by atoms with van der Waals surface area (Å²) < 4.78 is 10.4. The summed E-state index contributed by atoms with van der Waals surface area (Å²) in [6.45, 7) is 0.173. The number of halogens is 1. The molecule has 0 saturated carbocycles. The molecule has 0 radical (unpaired) electrons. The molecule has 4 rings (SSSR count). The maximum atomic E-state index is 11.6. The molecule has 1 saturated heterocycles. The molecule has 1 fully saturated rings. The van der Waals surface area contributed by atoms with Gasteiger partial charge in [0.1, 0.15) is 17.1 Å². The highest BCUT2D eigenvalue weighted by molar-refractivity contribution is 6.33. The van der Waals surface area contributed by atoms with Gasteiger partial charge >= 0.3 is 11.9 Å². The molecule has 3 aromatic rings. The fourth-order valence-electron chi connectivity index (χ4n) is 3.30. The number of nitro groups is 1. The molecule has 162 valence electrons. The van der Waals surface area contributed by atoms with Gasteiger partial charge in [0.05, 0.1) is 28.9 Å². The van der Waals surface area contributed by atoms with Gasteiger partial charge in [0.25, 0.3) is 5.69 Å². The van der Waals surface area contributed by atoms with Crippen molar-refractivity contribution in [3.63, 3.8) is 0 Å². The molecule has 1 heterocycles. The zero-order chi connectivity index (χ0) is 22.7. The molecule has 0 N–H and O–H groups in total. The average molecular weight is 454 g/mol. The van der Waals surface area contributed by atoms with E-state index in [1.807, 2.05) is 30.3 Å². The number of carbonyl (C=O) groups is 2. The van der Waals surface area contributed by atoms with Gasteiger partial charge in [-0.05, 0) is 23.9 Å². The van der Waals surface area contributed by atoms with Crippen molar-refractivity contribution in [2.45, 2.75) is 12.8 Å². The van der Waals surface area contributed by atoms with Crippen LogP contribution in [-0.2, 0) is 14.3 Å². The number of azo groups is 1. The summed E-state index contributed by atoms with van der Waals surface area (Å²) in [5, 5.41) is 21.2. The number of nitro benzene ring substituents is 1. The Labute approximate surface area is 186 Å². The largest absolute Gasteiger partial charge is 0.491 e. The fourth-order valence-corrected chi connectivity index (χ4v) is 3.51. The molecule has 32 heavy (non-hydrogen) atoms. The van der Waals surface area contributed by atoms with Gasteiger partial charge in [-0.3, -0.25) is 19.7 Å². The van der Waals surface area contributed by atoms with Crippen molar-refractivity contribution in [1.29, 1.82) is 0 Å². The molecular weight excluding hydrogens is 438 g/mol. The van der Waals surface area contributed by atoms with Crippen molar-refractivity contribution in [3.8, 4) is 5.75 Å². The van der Waals surface area contributed by atoms with E-state index in [0.29, 0.717) is 17.9 Å². The highest BCUT2D eigenvalue weighted by Gasteiger charge is 2.33. The molecule has 0 bridgehead atoms. The average Bonchev–Trinajstić information content (AvgIpc) is 3.10. The second kappa shape index (κ2) is 9.11. The zero-order valence-corrected chi connectivity index (χ0v) is 17.3. The molecule has 9 nitrogen and oxygen atoms in total. The van der Waals surface area contributed by atoms with Crippen LogP contribution >= 0.6 is 11.6 Å². The van der Waals surface area contributed by atoms with Crippen LogP contribution in [0.4, 0.5) is 17.1 Å². The number of non-ortho nitro benzene ring substituents is 1. The normalized spacial score (nSPS) is 16.0. The molecule has 1 atom stereocenters. The Bertz CT molecular complexity index is 1260. The summed E-state index contributed by atoms with van der Waals surface area (Å²) in [4.78, 5) is 33.2. The number of carbonyl (C=O) groups excluding carboxylic acids is 2. The highest BCUT2D eigenvalue weighted by atomic mass is 35.5. The number of fused-ring (bicyclic) bond motifs is 1. The number of hydrogen-bond acceptors (Lipinski definition) is 8. The van der Waals surface area contributed by atoms with E-state index in [-0.39, 0.29) is 29.4 Å². The Balaban J connectivity index is 1.60. The Hall–Kier alpha value is -3.85. The predicted octanol–water partition coefficient (Wildman–Crippen LogP) is 5.68. The number of ether oxygens (including phenoxy) is 2. The van der Waals surface area contributed by atoms with Crippen molar-refractivity contribution in [2.24, 2.45) is 16.1 Å². The summed E-state index contributed by atoms with van der Waals surface area (Å²) in [7, 11) is 0. The lowest BCUT2D eigenvalue weighted by Gasteiger charge is -2.12. The zero-order valence-electron chi connectivity index (χ0n) is 16.6. The van der Waals surface area contributed by atoms with Crippen molar-refractivity contribution in [2.75, 3.05) is 6.61 Å². The molecule has 1 aliphatic heterocycles. The van der Waals surface area contributed by atoms with Gasteiger partial charge in [0.15, 0.2) is 0 Å². The lowest BCUT2D eigenvalue weighted by molar-refractivity contribution is -0.384. The van der Waals surface area contributed by atoms with Crippen molar-refractivity contribution < 1.29 is 24.0 Å². The quantitative estimate of drug-likeness (QED) is 0.149.